The average Bonchev–Trinajstić information content (AvgIpc) is 3.00. The summed E-state index contributed by atoms with van der Waals surface area (Å²) in [4.78, 5) is 51.2. The lowest BCUT2D eigenvalue weighted by molar-refractivity contribution is -0.301. The van der Waals surface area contributed by atoms with Gasteiger partial charge >= 0.3 is 23.9 Å². The Labute approximate surface area is 237 Å². The van der Waals surface area contributed by atoms with E-state index in [-0.39, 0.29) is 17.7 Å². The Morgan fingerprint density at radius 2 is 1.10 bits per heavy atom. The molecule has 0 bridgehead atoms. The van der Waals surface area contributed by atoms with Crippen LogP contribution >= 0.6 is 0 Å². The molecule has 0 aliphatic carbocycles. The SMILES string of the molecule is CCO[C@@H]1OC(COC(=O)c2ccccc2)[C@H](OC(=O)c2ccccc2)C(OC(=O)c2ccccc2)C1OC(C)=O. The van der Waals surface area contributed by atoms with E-state index in [0.29, 0.717) is 5.56 Å². The van der Waals surface area contributed by atoms with Crippen molar-refractivity contribution < 1.29 is 47.6 Å². The van der Waals surface area contributed by atoms with Crippen molar-refractivity contribution in [2.75, 3.05) is 13.2 Å². The van der Waals surface area contributed by atoms with E-state index in [1.165, 1.54) is 6.92 Å². The molecule has 4 rings (SSSR count). The summed E-state index contributed by atoms with van der Waals surface area (Å²) >= 11 is 0. The molecule has 0 amide bonds. The zero-order valence-electron chi connectivity index (χ0n) is 22.5. The second-order valence-corrected chi connectivity index (χ2v) is 9.01. The van der Waals surface area contributed by atoms with Crippen molar-refractivity contribution in [1.82, 2.24) is 0 Å². The number of esters is 4. The Kier molecular flexibility index (Phi) is 10.2. The van der Waals surface area contributed by atoms with E-state index in [0.717, 1.165) is 0 Å². The Balaban J connectivity index is 1.69. The first-order valence-electron chi connectivity index (χ1n) is 13.1. The van der Waals surface area contributed by atoms with Crippen LogP contribution in [0.5, 0.6) is 0 Å². The molecule has 10 heteroatoms. The normalized spacial score (nSPS) is 21.8. The molecule has 1 aliphatic heterocycles. The van der Waals surface area contributed by atoms with E-state index >= 15 is 0 Å². The predicted molar refractivity (Wildman–Crippen MR) is 144 cm³/mol. The van der Waals surface area contributed by atoms with Crippen molar-refractivity contribution in [2.24, 2.45) is 0 Å². The molecule has 0 radical (unpaired) electrons. The van der Waals surface area contributed by atoms with E-state index in [4.69, 9.17) is 28.4 Å². The Bertz CT molecular complexity index is 1310. The van der Waals surface area contributed by atoms with Crippen LogP contribution in [0.2, 0.25) is 0 Å². The summed E-state index contributed by atoms with van der Waals surface area (Å²) in [5.74, 6) is -2.86. The Morgan fingerprint density at radius 3 is 1.56 bits per heavy atom. The summed E-state index contributed by atoms with van der Waals surface area (Å²) in [6, 6.07) is 24.6. The summed E-state index contributed by atoms with van der Waals surface area (Å²) in [6.45, 7) is 2.63. The molecule has 0 spiro atoms. The fourth-order valence-electron chi connectivity index (χ4n) is 4.25. The number of hydrogen-bond acceptors (Lipinski definition) is 10. The topological polar surface area (TPSA) is 124 Å². The average molecular weight is 563 g/mol. The van der Waals surface area contributed by atoms with Gasteiger partial charge < -0.3 is 28.4 Å². The fourth-order valence-corrected chi connectivity index (χ4v) is 4.25. The van der Waals surface area contributed by atoms with Gasteiger partial charge in [0.15, 0.2) is 24.6 Å². The lowest BCUT2D eigenvalue weighted by Crippen LogP contribution is -2.63. The van der Waals surface area contributed by atoms with Crippen LogP contribution in [0.25, 0.3) is 0 Å². The van der Waals surface area contributed by atoms with Gasteiger partial charge in [-0.3, -0.25) is 4.79 Å². The van der Waals surface area contributed by atoms with E-state index in [9.17, 15) is 19.2 Å². The van der Waals surface area contributed by atoms with Crippen LogP contribution in [0.1, 0.15) is 44.9 Å². The highest BCUT2D eigenvalue weighted by Gasteiger charge is 2.53. The maximum absolute atomic E-state index is 13.2. The fraction of sp³-hybridized carbons (Fsp3) is 0.290. The third kappa shape index (κ3) is 7.77. The molecule has 3 aromatic rings. The van der Waals surface area contributed by atoms with Gasteiger partial charge in [-0.2, -0.15) is 0 Å². The van der Waals surface area contributed by atoms with Gasteiger partial charge in [0.05, 0.1) is 16.7 Å². The zero-order chi connectivity index (χ0) is 29.2. The van der Waals surface area contributed by atoms with Crippen LogP contribution in [0.15, 0.2) is 91.0 Å². The van der Waals surface area contributed by atoms with Gasteiger partial charge in [-0.05, 0) is 43.3 Å². The highest BCUT2D eigenvalue weighted by atomic mass is 16.7. The van der Waals surface area contributed by atoms with Gasteiger partial charge in [0.25, 0.3) is 0 Å². The molecular weight excluding hydrogens is 532 g/mol. The van der Waals surface area contributed by atoms with E-state index in [2.05, 4.69) is 0 Å². The minimum absolute atomic E-state index is 0.146. The van der Waals surface area contributed by atoms with Crippen LogP contribution in [-0.4, -0.2) is 67.8 Å². The van der Waals surface area contributed by atoms with Gasteiger partial charge in [-0.1, -0.05) is 54.6 Å². The van der Waals surface area contributed by atoms with Crippen LogP contribution in [0, 0.1) is 0 Å². The predicted octanol–water partition coefficient (Wildman–Crippen LogP) is 3.99. The number of carbonyl (C=O) groups excluding carboxylic acids is 4. The summed E-state index contributed by atoms with van der Waals surface area (Å²) in [6.07, 6.45) is -6.45. The minimum atomic E-state index is -1.38. The molecule has 10 nitrogen and oxygen atoms in total. The van der Waals surface area contributed by atoms with Crippen molar-refractivity contribution in [1.29, 1.82) is 0 Å². The summed E-state index contributed by atoms with van der Waals surface area (Å²) in [5.41, 5.74) is 0.734. The molecule has 0 aromatic heterocycles. The number of benzene rings is 3. The maximum Gasteiger partial charge on any atom is 0.338 e. The second-order valence-electron chi connectivity index (χ2n) is 9.01. The van der Waals surface area contributed by atoms with Crippen molar-refractivity contribution in [3.63, 3.8) is 0 Å². The molecule has 5 atom stereocenters. The molecule has 1 fully saturated rings. The molecule has 1 aliphatic rings. The molecule has 41 heavy (non-hydrogen) atoms. The highest BCUT2D eigenvalue weighted by molar-refractivity contribution is 5.91. The highest BCUT2D eigenvalue weighted by Crippen LogP contribution is 2.31. The van der Waals surface area contributed by atoms with Crippen molar-refractivity contribution in [3.05, 3.63) is 108 Å². The number of carbonyl (C=O) groups is 4. The van der Waals surface area contributed by atoms with Crippen LogP contribution < -0.4 is 0 Å². The van der Waals surface area contributed by atoms with Gasteiger partial charge in [-0.15, -0.1) is 0 Å². The standard InChI is InChI=1S/C31H30O10/c1-3-36-31-27(38-20(2)32)26(41-30(35)23-17-11-6-12-18-23)25(40-29(34)22-15-9-5-10-16-22)24(39-31)19-37-28(33)21-13-7-4-8-14-21/h4-18,24-27,31H,3,19H2,1-2H3/t24?,25-,26?,27?,31+/m0/s1. The van der Waals surface area contributed by atoms with E-state index < -0.39 is 61.2 Å². The molecule has 0 N–H and O–H groups in total. The number of rotatable bonds is 10. The Morgan fingerprint density at radius 1 is 0.634 bits per heavy atom. The summed E-state index contributed by atoms with van der Waals surface area (Å²) in [7, 11) is 0. The molecule has 3 aromatic carbocycles. The molecule has 0 saturated carbocycles. The smallest absolute Gasteiger partial charge is 0.338 e. The molecular formula is C31H30O10. The summed E-state index contributed by atoms with van der Waals surface area (Å²) in [5, 5.41) is 0. The van der Waals surface area contributed by atoms with Crippen molar-refractivity contribution >= 4 is 23.9 Å². The van der Waals surface area contributed by atoms with Gasteiger partial charge in [-0.25, -0.2) is 14.4 Å². The van der Waals surface area contributed by atoms with E-state index in [1.54, 1.807) is 97.9 Å². The molecule has 214 valence electrons. The summed E-state index contributed by atoms with van der Waals surface area (Å²) < 4.78 is 34.4. The Hall–Kier alpha value is -4.54. The first kappa shape index (κ1) is 29.4. The van der Waals surface area contributed by atoms with Crippen molar-refractivity contribution in [2.45, 2.75) is 44.6 Å². The first-order chi connectivity index (χ1) is 19.9. The van der Waals surface area contributed by atoms with E-state index in [1.807, 2.05) is 0 Å². The van der Waals surface area contributed by atoms with Gasteiger partial charge in [0.1, 0.15) is 12.7 Å². The quantitative estimate of drug-likeness (QED) is 0.265. The molecule has 1 heterocycles. The zero-order valence-corrected chi connectivity index (χ0v) is 22.5. The van der Waals surface area contributed by atoms with Gasteiger partial charge in [0, 0.05) is 13.5 Å². The monoisotopic (exact) mass is 562 g/mol. The van der Waals surface area contributed by atoms with Crippen LogP contribution in [0.3, 0.4) is 0 Å². The molecule has 1 saturated heterocycles. The lowest BCUT2D eigenvalue weighted by Gasteiger charge is -2.44. The largest absolute Gasteiger partial charge is 0.459 e. The van der Waals surface area contributed by atoms with Crippen LogP contribution in [-0.2, 0) is 33.2 Å². The number of hydrogen-bond donors (Lipinski definition) is 0. The first-order valence-corrected chi connectivity index (χ1v) is 13.1. The van der Waals surface area contributed by atoms with Gasteiger partial charge in [0.2, 0.25) is 0 Å². The third-order valence-corrected chi connectivity index (χ3v) is 6.12. The minimum Gasteiger partial charge on any atom is -0.459 e. The number of ether oxygens (including phenoxy) is 6. The van der Waals surface area contributed by atoms with Crippen molar-refractivity contribution in [3.8, 4) is 0 Å². The maximum atomic E-state index is 13.2. The van der Waals surface area contributed by atoms with Crippen LogP contribution in [0.4, 0.5) is 0 Å². The molecule has 3 unspecified atom stereocenters. The lowest BCUT2D eigenvalue weighted by atomic mass is 9.97. The second kappa shape index (κ2) is 14.2. The third-order valence-electron chi connectivity index (χ3n) is 6.12.